The molecule has 0 unspecified atom stereocenters. The Morgan fingerprint density at radius 2 is 1.55 bits per heavy atom. The fourth-order valence-corrected chi connectivity index (χ4v) is 1.04. The summed E-state index contributed by atoms with van der Waals surface area (Å²) in [7, 11) is 0. The Labute approximate surface area is 71.7 Å². The van der Waals surface area contributed by atoms with Crippen LogP contribution in [0, 0.1) is 6.42 Å². The van der Waals surface area contributed by atoms with Gasteiger partial charge in [-0.25, -0.2) is 0 Å². The molecule has 0 saturated heterocycles. The van der Waals surface area contributed by atoms with Gasteiger partial charge in [0.25, 0.3) is 0 Å². The fraction of sp³-hybridized carbons (Fsp3) is 0.727. The lowest BCUT2D eigenvalue weighted by atomic mass is 10.1. The van der Waals surface area contributed by atoms with Crippen molar-refractivity contribution in [2.24, 2.45) is 0 Å². The van der Waals surface area contributed by atoms with Crippen LogP contribution in [0.4, 0.5) is 0 Å². The van der Waals surface area contributed by atoms with E-state index < -0.39 is 0 Å². The SMILES string of the molecule is CC[CH]CCCC/C=C/CC. The summed E-state index contributed by atoms with van der Waals surface area (Å²) in [5.41, 5.74) is 0. The molecule has 0 aromatic heterocycles. The molecule has 0 aliphatic heterocycles. The van der Waals surface area contributed by atoms with Crippen molar-refractivity contribution in [3.8, 4) is 0 Å². The Balaban J connectivity index is 2.85. The van der Waals surface area contributed by atoms with Crippen LogP contribution in [0.3, 0.4) is 0 Å². The molecule has 0 aliphatic rings. The smallest absolute Gasteiger partial charge is 0.0351 e. The third-order valence-electron chi connectivity index (χ3n) is 1.72. The predicted octanol–water partition coefficient (Wildman–Crippen LogP) is 4.13. The Morgan fingerprint density at radius 3 is 2.18 bits per heavy atom. The average molecular weight is 153 g/mol. The van der Waals surface area contributed by atoms with Gasteiger partial charge in [0.1, 0.15) is 0 Å². The molecule has 0 nitrogen and oxygen atoms in total. The van der Waals surface area contributed by atoms with E-state index in [4.69, 9.17) is 0 Å². The van der Waals surface area contributed by atoms with Crippen LogP contribution in [-0.2, 0) is 0 Å². The first-order chi connectivity index (χ1) is 5.41. The van der Waals surface area contributed by atoms with Crippen molar-refractivity contribution in [1.29, 1.82) is 0 Å². The molecule has 0 saturated carbocycles. The number of unbranched alkanes of at least 4 members (excludes halogenated alkanes) is 5. The van der Waals surface area contributed by atoms with Crippen LogP contribution in [0.2, 0.25) is 0 Å². The summed E-state index contributed by atoms with van der Waals surface area (Å²) in [5.74, 6) is 0. The molecule has 0 spiro atoms. The van der Waals surface area contributed by atoms with Crippen LogP contribution in [0.1, 0.15) is 52.4 Å². The Kier molecular flexibility index (Phi) is 9.51. The standard InChI is InChI=1S/C11H21/c1-3-5-7-9-11-10-8-6-4-2/h5-7H,3-4,8-11H2,1-2H3/b7-5+. The molecule has 1 radical (unpaired) electrons. The van der Waals surface area contributed by atoms with Gasteiger partial charge in [-0.3, -0.25) is 0 Å². The van der Waals surface area contributed by atoms with Gasteiger partial charge in [-0.1, -0.05) is 45.3 Å². The fourth-order valence-electron chi connectivity index (χ4n) is 1.04. The Bertz CT molecular complexity index is 82.0. The minimum atomic E-state index is 1.18. The zero-order valence-corrected chi connectivity index (χ0v) is 7.97. The van der Waals surface area contributed by atoms with Crippen LogP contribution < -0.4 is 0 Å². The topological polar surface area (TPSA) is 0 Å². The Morgan fingerprint density at radius 1 is 0.818 bits per heavy atom. The maximum absolute atomic E-state index is 2.36. The Hall–Kier alpha value is -0.260. The zero-order chi connectivity index (χ0) is 8.36. The normalized spacial score (nSPS) is 11.1. The molecular weight excluding hydrogens is 132 g/mol. The van der Waals surface area contributed by atoms with Crippen molar-refractivity contribution in [2.75, 3.05) is 0 Å². The summed E-state index contributed by atoms with van der Waals surface area (Å²) < 4.78 is 0. The van der Waals surface area contributed by atoms with E-state index in [2.05, 4.69) is 32.4 Å². The first kappa shape index (κ1) is 10.7. The van der Waals surface area contributed by atoms with Gasteiger partial charge < -0.3 is 0 Å². The average Bonchev–Trinajstić information content (AvgIpc) is 2.03. The number of hydrogen-bond donors (Lipinski definition) is 0. The number of allylic oxidation sites excluding steroid dienone is 2. The van der Waals surface area contributed by atoms with Gasteiger partial charge in [0.05, 0.1) is 0 Å². The molecule has 0 heterocycles. The van der Waals surface area contributed by atoms with Crippen molar-refractivity contribution in [2.45, 2.75) is 52.4 Å². The van der Waals surface area contributed by atoms with Gasteiger partial charge in [0, 0.05) is 0 Å². The molecule has 0 aliphatic carbocycles. The van der Waals surface area contributed by atoms with Gasteiger partial charge in [0.15, 0.2) is 0 Å². The van der Waals surface area contributed by atoms with E-state index in [0.717, 1.165) is 0 Å². The van der Waals surface area contributed by atoms with E-state index in [9.17, 15) is 0 Å². The van der Waals surface area contributed by atoms with E-state index in [1.54, 1.807) is 0 Å². The van der Waals surface area contributed by atoms with E-state index >= 15 is 0 Å². The molecule has 65 valence electrons. The molecule has 0 amide bonds. The van der Waals surface area contributed by atoms with Crippen LogP contribution in [-0.4, -0.2) is 0 Å². The summed E-state index contributed by atoms with van der Waals surface area (Å²) >= 11 is 0. The van der Waals surface area contributed by atoms with Crippen LogP contribution >= 0.6 is 0 Å². The number of hydrogen-bond acceptors (Lipinski definition) is 0. The summed E-state index contributed by atoms with van der Waals surface area (Å²) in [6.45, 7) is 4.39. The molecule has 0 N–H and O–H groups in total. The highest BCUT2D eigenvalue weighted by Crippen LogP contribution is 2.04. The van der Waals surface area contributed by atoms with E-state index in [-0.39, 0.29) is 0 Å². The molecule has 0 fully saturated rings. The molecule has 0 aromatic rings. The van der Waals surface area contributed by atoms with Gasteiger partial charge in [-0.15, -0.1) is 0 Å². The molecule has 0 bridgehead atoms. The van der Waals surface area contributed by atoms with Crippen molar-refractivity contribution in [3.63, 3.8) is 0 Å². The van der Waals surface area contributed by atoms with Crippen LogP contribution in [0.5, 0.6) is 0 Å². The quantitative estimate of drug-likeness (QED) is 0.381. The van der Waals surface area contributed by atoms with Crippen LogP contribution in [0.15, 0.2) is 12.2 Å². The maximum atomic E-state index is 2.36. The first-order valence-corrected chi connectivity index (χ1v) is 4.88. The second-order valence-corrected chi connectivity index (χ2v) is 2.86. The van der Waals surface area contributed by atoms with E-state index in [0.29, 0.717) is 0 Å². The lowest BCUT2D eigenvalue weighted by molar-refractivity contribution is 0.723. The largest absolute Gasteiger partial charge is 0.0888 e. The van der Waals surface area contributed by atoms with Gasteiger partial charge >= 0.3 is 0 Å². The minimum Gasteiger partial charge on any atom is -0.0888 e. The summed E-state index contributed by atoms with van der Waals surface area (Å²) in [5, 5.41) is 0. The monoisotopic (exact) mass is 153 g/mol. The van der Waals surface area contributed by atoms with E-state index in [1.807, 2.05) is 0 Å². The molecular formula is C11H21. The molecule has 0 aromatic carbocycles. The second kappa shape index (κ2) is 9.74. The summed E-state index contributed by atoms with van der Waals surface area (Å²) in [4.78, 5) is 0. The minimum absolute atomic E-state index is 1.18. The summed E-state index contributed by atoms with van der Waals surface area (Å²) in [6, 6.07) is 0. The third-order valence-corrected chi connectivity index (χ3v) is 1.72. The lowest BCUT2D eigenvalue weighted by Gasteiger charge is -1.95. The van der Waals surface area contributed by atoms with Gasteiger partial charge in [0.2, 0.25) is 0 Å². The van der Waals surface area contributed by atoms with Crippen molar-refractivity contribution in [3.05, 3.63) is 18.6 Å². The zero-order valence-electron chi connectivity index (χ0n) is 7.97. The highest BCUT2D eigenvalue weighted by molar-refractivity contribution is 4.79. The van der Waals surface area contributed by atoms with Gasteiger partial charge in [-0.05, 0) is 25.7 Å². The molecule has 11 heavy (non-hydrogen) atoms. The molecule has 0 atom stereocenters. The lowest BCUT2D eigenvalue weighted by Crippen LogP contribution is -1.76. The van der Waals surface area contributed by atoms with Crippen molar-refractivity contribution < 1.29 is 0 Å². The first-order valence-electron chi connectivity index (χ1n) is 4.88. The second-order valence-electron chi connectivity index (χ2n) is 2.86. The number of rotatable bonds is 7. The highest BCUT2D eigenvalue weighted by Gasteiger charge is 1.85. The van der Waals surface area contributed by atoms with E-state index in [1.165, 1.54) is 38.5 Å². The van der Waals surface area contributed by atoms with Gasteiger partial charge in [-0.2, -0.15) is 0 Å². The predicted molar refractivity (Wildman–Crippen MR) is 52.5 cm³/mol. The molecule has 0 rings (SSSR count). The third kappa shape index (κ3) is 9.74. The van der Waals surface area contributed by atoms with Crippen molar-refractivity contribution >= 4 is 0 Å². The molecule has 0 heteroatoms. The highest BCUT2D eigenvalue weighted by atomic mass is 13.9. The maximum Gasteiger partial charge on any atom is -0.0351 e. The van der Waals surface area contributed by atoms with Crippen LogP contribution in [0.25, 0.3) is 0 Å². The van der Waals surface area contributed by atoms with Crippen molar-refractivity contribution in [1.82, 2.24) is 0 Å². The summed E-state index contributed by atoms with van der Waals surface area (Å²) in [6.07, 6.45) is 14.6.